The van der Waals surface area contributed by atoms with Crippen LogP contribution in [0.15, 0.2) is 29.2 Å². The van der Waals surface area contributed by atoms with Crippen LogP contribution in [0.3, 0.4) is 0 Å². The summed E-state index contributed by atoms with van der Waals surface area (Å²) in [6, 6.07) is 5.42. The van der Waals surface area contributed by atoms with Crippen LogP contribution in [0.2, 0.25) is 15.3 Å². The Morgan fingerprint density at radius 1 is 1.00 bits per heavy atom. The molecule has 0 saturated heterocycles. The lowest BCUT2D eigenvalue weighted by atomic mass is 10.3. The zero-order chi connectivity index (χ0) is 19.5. The van der Waals surface area contributed by atoms with Crippen molar-refractivity contribution in [2.75, 3.05) is 17.7 Å². The zero-order valence-corrected chi connectivity index (χ0v) is 16.5. The molecule has 2 aromatic rings. The van der Waals surface area contributed by atoms with Crippen LogP contribution in [0.5, 0.6) is 0 Å². The maximum Gasteiger partial charge on any atom is 0.397 e. The number of benzene rings is 1. The van der Waals surface area contributed by atoms with E-state index in [1.54, 1.807) is 0 Å². The number of sulfone groups is 1. The molecule has 0 radical (unpaired) electrons. The lowest BCUT2D eigenvalue weighted by Gasteiger charge is -2.08. The molecule has 0 bridgehead atoms. The first-order valence-electron chi connectivity index (χ1n) is 6.58. The molecule has 0 aliphatic heterocycles. The number of hydrogen-bond acceptors (Lipinski definition) is 8. The van der Waals surface area contributed by atoms with Crippen LogP contribution >= 0.6 is 34.8 Å². The first-order valence-corrected chi connectivity index (χ1v) is 10.7. The third-order valence-electron chi connectivity index (χ3n) is 2.82. The summed E-state index contributed by atoms with van der Waals surface area (Å²) in [5.74, 6) is -0.577. The highest BCUT2D eigenvalue weighted by Gasteiger charge is 2.17. The van der Waals surface area contributed by atoms with Crippen molar-refractivity contribution < 1.29 is 25.6 Å². The minimum Gasteiger partial charge on any atom is -0.324 e. The van der Waals surface area contributed by atoms with Gasteiger partial charge in [-0.2, -0.15) is 18.4 Å². The fraction of sp³-hybridized carbons (Fsp3) is 0.167. The average molecular weight is 463 g/mol. The number of nitrogens with zero attached hydrogens (tertiary/aromatic N) is 2. The van der Waals surface area contributed by atoms with E-state index in [-0.39, 0.29) is 26.2 Å². The Kier molecular flexibility index (Phi) is 6.66. The summed E-state index contributed by atoms with van der Waals surface area (Å²) in [5, 5.41) is 2.68. The molecule has 1 heterocycles. The molecule has 0 unspecified atom stereocenters. The van der Waals surface area contributed by atoms with Crippen LogP contribution in [0.1, 0.15) is 0 Å². The molecule has 0 spiro atoms. The van der Waals surface area contributed by atoms with Gasteiger partial charge in [0.2, 0.25) is 5.95 Å². The molecule has 0 atom stereocenters. The molecule has 0 fully saturated rings. The van der Waals surface area contributed by atoms with Crippen molar-refractivity contribution in [3.63, 3.8) is 0 Å². The predicted molar refractivity (Wildman–Crippen MR) is 96.3 cm³/mol. The van der Waals surface area contributed by atoms with Gasteiger partial charge in [0.1, 0.15) is 5.02 Å². The van der Waals surface area contributed by atoms with E-state index in [0.717, 1.165) is 0 Å². The third kappa shape index (κ3) is 5.91. The fourth-order valence-corrected chi connectivity index (χ4v) is 3.65. The zero-order valence-electron chi connectivity index (χ0n) is 12.6. The number of halogens is 3. The van der Waals surface area contributed by atoms with Crippen molar-refractivity contribution in [2.24, 2.45) is 0 Å². The molecule has 0 aliphatic rings. The maximum atomic E-state index is 12.1. The highest BCUT2D eigenvalue weighted by molar-refractivity contribution is 7.91. The first-order chi connectivity index (χ1) is 12.0. The van der Waals surface area contributed by atoms with Crippen LogP contribution in [0, 0.1) is 0 Å². The Labute approximate surface area is 164 Å². The van der Waals surface area contributed by atoms with E-state index in [1.807, 2.05) is 0 Å². The Bertz CT molecular complexity index is 990. The molecule has 0 aliphatic carbocycles. The van der Waals surface area contributed by atoms with Crippen LogP contribution in [-0.2, 0) is 24.4 Å². The molecule has 142 valence electrons. The minimum atomic E-state index is -4.70. The van der Waals surface area contributed by atoms with Crippen molar-refractivity contribution in [1.82, 2.24) is 9.97 Å². The molecule has 14 heteroatoms. The monoisotopic (exact) mass is 461 g/mol. The van der Waals surface area contributed by atoms with Gasteiger partial charge in [-0.25, -0.2) is 12.6 Å². The second kappa shape index (κ2) is 8.21. The van der Waals surface area contributed by atoms with E-state index < -0.39 is 32.6 Å². The van der Waals surface area contributed by atoms with Crippen LogP contribution in [0.4, 0.5) is 11.6 Å². The molecule has 9 nitrogen and oxygen atoms in total. The number of hydrogen-bond donors (Lipinski definition) is 2. The quantitative estimate of drug-likeness (QED) is 0.470. The van der Waals surface area contributed by atoms with E-state index in [1.165, 1.54) is 24.3 Å². The number of rotatable bonds is 7. The lowest BCUT2D eigenvalue weighted by Crippen LogP contribution is -2.15. The summed E-state index contributed by atoms with van der Waals surface area (Å²) in [6.45, 7) is -0.712. The summed E-state index contributed by atoms with van der Waals surface area (Å²) in [4.78, 5) is 7.68. The molecule has 2 N–H and O–H groups in total. The highest BCUT2D eigenvalue weighted by atomic mass is 35.5. The largest absolute Gasteiger partial charge is 0.397 e. The molecule has 0 saturated carbocycles. The SMILES string of the molecule is O=S(=O)(O)OCCS(=O)(=O)c1ccc(Nc2nc(Cl)c(Cl)c(Cl)n2)cc1. The Hall–Kier alpha value is -1.21. The molecular weight excluding hydrogens is 453 g/mol. The Morgan fingerprint density at radius 2 is 1.54 bits per heavy atom. The van der Waals surface area contributed by atoms with Gasteiger partial charge in [0.15, 0.2) is 20.1 Å². The van der Waals surface area contributed by atoms with Gasteiger partial charge >= 0.3 is 10.4 Å². The number of anilines is 2. The van der Waals surface area contributed by atoms with Crippen molar-refractivity contribution in [2.45, 2.75) is 4.90 Å². The molecule has 1 aromatic heterocycles. The third-order valence-corrected chi connectivity index (χ3v) is 6.08. The van der Waals surface area contributed by atoms with Gasteiger partial charge in [-0.15, -0.1) is 0 Å². The maximum absolute atomic E-state index is 12.1. The lowest BCUT2D eigenvalue weighted by molar-refractivity contribution is 0.284. The van der Waals surface area contributed by atoms with Crippen molar-refractivity contribution >= 4 is 66.7 Å². The Balaban J connectivity index is 2.10. The normalized spacial score (nSPS) is 12.2. The van der Waals surface area contributed by atoms with Gasteiger partial charge in [-0.3, -0.25) is 4.55 Å². The van der Waals surface area contributed by atoms with Gasteiger partial charge in [-0.05, 0) is 24.3 Å². The van der Waals surface area contributed by atoms with Gasteiger partial charge < -0.3 is 5.32 Å². The fourth-order valence-electron chi connectivity index (χ4n) is 1.69. The summed E-state index contributed by atoms with van der Waals surface area (Å²) in [6.07, 6.45) is 0. The van der Waals surface area contributed by atoms with E-state index in [4.69, 9.17) is 39.4 Å². The van der Waals surface area contributed by atoms with Crippen LogP contribution < -0.4 is 5.32 Å². The van der Waals surface area contributed by atoms with Crippen molar-refractivity contribution in [1.29, 1.82) is 0 Å². The highest BCUT2D eigenvalue weighted by Crippen LogP contribution is 2.28. The smallest absolute Gasteiger partial charge is 0.324 e. The predicted octanol–water partition coefficient (Wildman–Crippen LogP) is 2.77. The molecule has 0 amide bonds. The van der Waals surface area contributed by atoms with Crippen LogP contribution in [0.25, 0.3) is 0 Å². The molecular formula is C12H10Cl3N3O6S2. The summed E-state index contributed by atoms with van der Waals surface area (Å²) in [5.41, 5.74) is 0.438. The summed E-state index contributed by atoms with van der Waals surface area (Å²) in [7, 11) is -8.51. The summed E-state index contributed by atoms with van der Waals surface area (Å²) < 4.78 is 57.4. The topological polar surface area (TPSA) is 136 Å². The first kappa shape index (κ1) is 21.1. The van der Waals surface area contributed by atoms with E-state index >= 15 is 0 Å². The number of aromatic nitrogens is 2. The van der Waals surface area contributed by atoms with E-state index in [2.05, 4.69) is 19.5 Å². The molecule has 2 rings (SSSR count). The Morgan fingerprint density at radius 3 is 2.04 bits per heavy atom. The van der Waals surface area contributed by atoms with Crippen molar-refractivity contribution in [3.05, 3.63) is 39.6 Å². The second-order valence-corrected chi connectivity index (χ2v) is 8.96. The minimum absolute atomic E-state index is 0.00689. The van der Waals surface area contributed by atoms with E-state index in [0.29, 0.717) is 5.69 Å². The van der Waals surface area contributed by atoms with E-state index in [9.17, 15) is 16.8 Å². The van der Waals surface area contributed by atoms with Gasteiger partial charge in [-0.1, -0.05) is 34.8 Å². The van der Waals surface area contributed by atoms with Crippen molar-refractivity contribution in [3.8, 4) is 0 Å². The number of nitrogens with one attached hydrogen (secondary N) is 1. The average Bonchev–Trinajstić information content (AvgIpc) is 2.51. The standard InChI is InChI=1S/C12H10Cl3N3O6S2/c13-9-10(14)17-12(18-11(9)15)16-7-1-3-8(4-2-7)25(19,20)6-5-24-26(21,22)23/h1-4H,5-6H2,(H,16,17,18)(H,21,22,23). The molecule has 1 aromatic carbocycles. The van der Waals surface area contributed by atoms with Gasteiger partial charge in [0.25, 0.3) is 0 Å². The van der Waals surface area contributed by atoms with Gasteiger partial charge in [0, 0.05) is 5.69 Å². The van der Waals surface area contributed by atoms with Crippen LogP contribution in [-0.4, -0.2) is 43.7 Å². The van der Waals surface area contributed by atoms with Gasteiger partial charge in [0.05, 0.1) is 17.3 Å². The summed E-state index contributed by atoms with van der Waals surface area (Å²) >= 11 is 17.3. The molecule has 26 heavy (non-hydrogen) atoms. The second-order valence-electron chi connectivity index (χ2n) is 4.66.